The summed E-state index contributed by atoms with van der Waals surface area (Å²) in [5, 5.41) is 13.4. The average molecular weight is 933 g/mol. The molecule has 0 aliphatic carbocycles. The summed E-state index contributed by atoms with van der Waals surface area (Å²) < 4.78 is 55.9. The lowest BCUT2D eigenvalue weighted by Gasteiger charge is -2.51. The van der Waals surface area contributed by atoms with Gasteiger partial charge in [-0.25, -0.2) is 14.4 Å². The molecule has 3 rings (SSSR count). The number of hydrogen-bond donors (Lipinski definition) is 1. The van der Waals surface area contributed by atoms with E-state index < -0.39 is 93.8 Å². The number of benzene rings is 1. The van der Waals surface area contributed by atoms with Crippen LogP contribution in [0, 0.1) is 17.8 Å². The van der Waals surface area contributed by atoms with Gasteiger partial charge in [-0.15, -0.1) is 0 Å². The predicted molar refractivity (Wildman–Crippen MR) is 245 cm³/mol. The van der Waals surface area contributed by atoms with Gasteiger partial charge in [0.1, 0.15) is 22.9 Å². The molecule has 0 spiro atoms. The molecule has 2 saturated heterocycles. The zero-order chi connectivity index (χ0) is 50.4. The van der Waals surface area contributed by atoms with Gasteiger partial charge in [-0.3, -0.25) is 9.59 Å². The van der Waals surface area contributed by atoms with Crippen molar-refractivity contribution in [1.29, 1.82) is 0 Å². The monoisotopic (exact) mass is 933 g/mol. The fourth-order valence-corrected chi connectivity index (χ4v) is 8.34. The van der Waals surface area contributed by atoms with Crippen molar-refractivity contribution in [3.63, 3.8) is 0 Å². The van der Waals surface area contributed by atoms with E-state index in [-0.39, 0.29) is 31.1 Å². The van der Waals surface area contributed by atoms with Gasteiger partial charge >= 0.3 is 29.8 Å². The number of rotatable bonds is 21. The molecule has 2 aliphatic rings. The van der Waals surface area contributed by atoms with Gasteiger partial charge in [0.05, 0.1) is 0 Å². The van der Waals surface area contributed by atoms with Gasteiger partial charge in [0.2, 0.25) is 17.5 Å². The Hall–Kier alpha value is -3.89. The Labute approximate surface area is 393 Å². The molecule has 15 heteroatoms. The number of hydrogen-bond acceptors (Lipinski definition) is 15. The highest BCUT2D eigenvalue weighted by atomic mass is 16.8. The van der Waals surface area contributed by atoms with Crippen LogP contribution in [0.5, 0.6) is 0 Å². The number of esters is 5. The van der Waals surface area contributed by atoms with E-state index in [4.69, 9.17) is 42.6 Å². The molecule has 374 valence electrons. The summed E-state index contributed by atoms with van der Waals surface area (Å²) in [6.07, 6.45) is -5.01. The molecule has 1 N–H and O–H groups in total. The maximum atomic E-state index is 15.4. The minimum absolute atomic E-state index is 0.0888. The average Bonchev–Trinajstić information content (AvgIpc) is 3.40. The van der Waals surface area contributed by atoms with E-state index in [0.29, 0.717) is 24.3 Å². The number of methoxy groups -OCH3 is 1. The second-order valence-corrected chi connectivity index (χ2v) is 21.8. The van der Waals surface area contributed by atoms with Crippen molar-refractivity contribution in [1.82, 2.24) is 0 Å². The van der Waals surface area contributed by atoms with Gasteiger partial charge in [-0.05, 0) is 125 Å². The normalized spacial score (nSPS) is 26.3. The standard InChI is InChI=1S/C51H80O15/c1-19-31(2)29-32(3)25-26-37(53)60-40-39(61-48(16,17)58-18)49(28-27-33(4)38(59-35(6)52)34(5)30-36-23-21-20-22-24-36)62-41(42(54)63-45(7,8)9)50(57,43(55)64-46(10,11)12)51(40,66-49)44(56)65-47(13,14)15/h20-24,31-32,34,38-41,57H,4,19,25-30H2,1-3,5-18H3/t31-,32+,34?,38?,39+,40+,41+,49+,50+,51+/m0/s1. The fourth-order valence-electron chi connectivity index (χ4n) is 8.34. The quantitative estimate of drug-likeness (QED) is 0.0536. The van der Waals surface area contributed by atoms with Crippen LogP contribution in [0.1, 0.15) is 155 Å². The molecule has 2 bridgehead atoms. The maximum Gasteiger partial charge on any atom is 0.347 e. The molecule has 10 atom stereocenters. The van der Waals surface area contributed by atoms with Gasteiger partial charge in [-0.1, -0.05) is 71.0 Å². The SMILES string of the molecule is C=C(CC[C@@]12O[C@H](C(=O)OC(C)(C)C)[C@@](O)(C(=O)OC(C)(C)C)[C@@](C(=O)OC(C)(C)C)(O1)[C@H](OC(=O)CC[C@@H](C)C[C@@H](C)CC)[C@H]2OC(C)(C)OC)C(OC(C)=O)C(C)Cc1ccccc1. The van der Waals surface area contributed by atoms with E-state index in [2.05, 4.69) is 20.4 Å². The van der Waals surface area contributed by atoms with Gasteiger partial charge in [-0.2, -0.15) is 0 Å². The molecule has 0 aromatic heterocycles. The molecule has 0 amide bonds. The van der Waals surface area contributed by atoms with E-state index >= 15 is 4.79 Å². The van der Waals surface area contributed by atoms with Crippen molar-refractivity contribution in [3.8, 4) is 0 Å². The van der Waals surface area contributed by atoms with Crippen LogP contribution in [0.3, 0.4) is 0 Å². The number of carbonyl (C=O) groups is 5. The molecule has 2 fully saturated rings. The first-order valence-electron chi connectivity index (χ1n) is 23.3. The van der Waals surface area contributed by atoms with Gasteiger partial charge in [0.15, 0.2) is 18.0 Å². The largest absolute Gasteiger partial charge is 0.458 e. The van der Waals surface area contributed by atoms with Gasteiger partial charge < -0.3 is 47.7 Å². The molecule has 1 aromatic rings. The highest BCUT2D eigenvalue weighted by Gasteiger charge is 2.87. The second kappa shape index (κ2) is 21.6. The number of carbonyl (C=O) groups excluding carboxylic acids is 5. The summed E-state index contributed by atoms with van der Waals surface area (Å²) in [4.78, 5) is 72.1. The smallest absolute Gasteiger partial charge is 0.347 e. The highest BCUT2D eigenvalue weighted by molar-refractivity contribution is 6.00. The summed E-state index contributed by atoms with van der Waals surface area (Å²) >= 11 is 0. The van der Waals surface area contributed by atoms with Crippen LogP contribution in [0.4, 0.5) is 0 Å². The number of aliphatic hydroxyl groups is 1. The van der Waals surface area contributed by atoms with Crippen LogP contribution in [0.2, 0.25) is 0 Å². The van der Waals surface area contributed by atoms with Crippen LogP contribution in [-0.4, -0.2) is 106 Å². The molecule has 66 heavy (non-hydrogen) atoms. The molecule has 2 unspecified atom stereocenters. The van der Waals surface area contributed by atoms with Crippen LogP contribution in [0.25, 0.3) is 0 Å². The molecule has 2 heterocycles. The summed E-state index contributed by atoms with van der Waals surface area (Å²) in [5.41, 5.74) is -9.14. The Bertz CT molecular complexity index is 1860. The van der Waals surface area contributed by atoms with Crippen molar-refractivity contribution in [2.24, 2.45) is 17.8 Å². The van der Waals surface area contributed by atoms with E-state index in [1.807, 2.05) is 44.2 Å². The lowest BCUT2D eigenvalue weighted by atomic mass is 9.74. The number of ether oxygens (including phenoxy) is 9. The van der Waals surface area contributed by atoms with Gasteiger partial charge in [0.25, 0.3) is 5.60 Å². The van der Waals surface area contributed by atoms with Crippen molar-refractivity contribution < 1.29 is 71.7 Å². The topological polar surface area (TPSA) is 189 Å². The molecular weight excluding hydrogens is 853 g/mol. The molecular formula is C51H80O15. The Morgan fingerprint density at radius 3 is 1.88 bits per heavy atom. The third-order valence-electron chi connectivity index (χ3n) is 11.6. The Kier molecular flexibility index (Phi) is 18.5. The first kappa shape index (κ1) is 56.4. The third kappa shape index (κ3) is 14.1. The highest BCUT2D eigenvalue weighted by Crippen LogP contribution is 2.59. The Morgan fingerprint density at radius 2 is 1.36 bits per heavy atom. The first-order valence-corrected chi connectivity index (χ1v) is 23.3. The van der Waals surface area contributed by atoms with E-state index in [1.54, 1.807) is 55.4 Å². The summed E-state index contributed by atoms with van der Waals surface area (Å²) in [5.74, 6) is -9.35. The fraction of sp³-hybridized carbons (Fsp3) is 0.745. The molecule has 0 radical (unpaired) electrons. The number of fused-ring (bicyclic) bond motifs is 2. The minimum Gasteiger partial charge on any atom is -0.458 e. The lowest BCUT2D eigenvalue weighted by Crippen LogP contribution is -2.79. The van der Waals surface area contributed by atoms with Crippen LogP contribution in [0.15, 0.2) is 42.5 Å². The van der Waals surface area contributed by atoms with Crippen LogP contribution < -0.4 is 0 Å². The van der Waals surface area contributed by atoms with Crippen molar-refractivity contribution in [2.75, 3.05) is 7.11 Å². The second-order valence-electron chi connectivity index (χ2n) is 21.8. The molecule has 1 aromatic carbocycles. The predicted octanol–water partition coefficient (Wildman–Crippen LogP) is 8.29. The molecule has 2 aliphatic heterocycles. The third-order valence-corrected chi connectivity index (χ3v) is 11.6. The lowest BCUT2D eigenvalue weighted by molar-refractivity contribution is -0.387. The maximum absolute atomic E-state index is 15.4. The van der Waals surface area contributed by atoms with Crippen molar-refractivity contribution in [2.45, 2.75) is 220 Å². The Balaban J connectivity index is 2.45. The molecule has 0 saturated carbocycles. The van der Waals surface area contributed by atoms with Crippen LogP contribution >= 0.6 is 0 Å². The van der Waals surface area contributed by atoms with Crippen molar-refractivity contribution in [3.05, 3.63) is 48.0 Å². The summed E-state index contributed by atoms with van der Waals surface area (Å²) in [7, 11) is 1.36. The van der Waals surface area contributed by atoms with Gasteiger partial charge in [0, 0.05) is 32.8 Å². The van der Waals surface area contributed by atoms with Crippen LogP contribution in [-0.2, 0) is 73.0 Å². The first-order chi connectivity index (χ1) is 30.2. The zero-order valence-electron chi connectivity index (χ0n) is 42.7. The molecule has 15 nitrogen and oxygen atoms in total. The van der Waals surface area contributed by atoms with E-state index in [1.165, 1.54) is 34.8 Å². The summed E-state index contributed by atoms with van der Waals surface area (Å²) in [6.45, 7) is 30.8. The van der Waals surface area contributed by atoms with E-state index in [9.17, 15) is 24.3 Å². The minimum atomic E-state index is -3.49. The van der Waals surface area contributed by atoms with Crippen molar-refractivity contribution >= 4 is 29.8 Å². The zero-order valence-corrected chi connectivity index (χ0v) is 42.7. The summed E-state index contributed by atoms with van der Waals surface area (Å²) in [6, 6.07) is 9.62. The Morgan fingerprint density at radius 1 is 0.803 bits per heavy atom. The van der Waals surface area contributed by atoms with E-state index in [0.717, 1.165) is 18.4 Å².